The van der Waals surface area contributed by atoms with E-state index in [0.29, 0.717) is 5.84 Å². The van der Waals surface area contributed by atoms with E-state index < -0.39 is 0 Å². The van der Waals surface area contributed by atoms with Crippen LogP contribution in [0, 0.1) is 0 Å². The van der Waals surface area contributed by atoms with Gasteiger partial charge in [-0.3, -0.25) is 0 Å². The topological polar surface area (TPSA) is 53.1 Å². The number of aliphatic imine (C=N–C) groups is 2. The largest absolute Gasteiger partial charge is 0.456 e. The Morgan fingerprint density at radius 1 is 0.508 bits per heavy atom. The highest BCUT2D eigenvalue weighted by atomic mass is 16.3. The lowest BCUT2D eigenvalue weighted by Gasteiger charge is -2.28. The fraction of sp³-hybridized carbons (Fsp3) is 0.0741. The van der Waals surface area contributed by atoms with Crippen LogP contribution in [0.2, 0.25) is 0 Å². The van der Waals surface area contributed by atoms with Gasteiger partial charge in [-0.2, -0.15) is 0 Å². The van der Waals surface area contributed by atoms with Crippen molar-refractivity contribution in [2.24, 2.45) is 9.98 Å². The fourth-order valence-corrected chi connectivity index (χ4v) is 8.98. The zero-order valence-electron chi connectivity index (χ0n) is 32.8. The van der Waals surface area contributed by atoms with Crippen LogP contribution in [0.5, 0.6) is 0 Å². The summed E-state index contributed by atoms with van der Waals surface area (Å²) in [6, 6.07) is 68.5. The zero-order valence-corrected chi connectivity index (χ0v) is 32.8. The highest BCUT2D eigenvalue weighted by Gasteiger charge is 2.35. The minimum Gasteiger partial charge on any atom is -0.456 e. The first-order valence-corrected chi connectivity index (χ1v) is 20.2. The van der Waals surface area contributed by atoms with E-state index in [4.69, 9.17) is 14.4 Å². The molecule has 59 heavy (non-hydrogen) atoms. The SMILES string of the molecule is CC1(C)c2ccccc2-c2ccc(N(c3ccccc3)c3ccc(-c4cc(C5=NC(c6ccccc6)NC(c6ccccc6)=N5)cc5oc6ccccc6c45)cc3)cc21. The average molecular weight is 761 g/mol. The number of fused-ring (bicyclic) bond motifs is 6. The molecule has 0 bridgehead atoms. The summed E-state index contributed by atoms with van der Waals surface area (Å²) in [7, 11) is 0. The molecule has 282 valence electrons. The van der Waals surface area contributed by atoms with Crippen molar-refractivity contribution in [3.05, 3.63) is 222 Å². The van der Waals surface area contributed by atoms with Crippen molar-refractivity contribution in [1.29, 1.82) is 0 Å². The number of amidine groups is 2. The average Bonchev–Trinajstić information content (AvgIpc) is 3.79. The molecule has 2 heterocycles. The molecule has 11 rings (SSSR count). The molecule has 0 fully saturated rings. The number of rotatable bonds is 7. The summed E-state index contributed by atoms with van der Waals surface area (Å²) < 4.78 is 6.60. The molecule has 5 heteroatoms. The van der Waals surface area contributed by atoms with Crippen molar-refractivity contribution in [3.63, 3.8) is 0 Å². The third-order valence-electron chi connectivity index (χ3n) is 11.9. The Morgan fingerprint density at radius 3 is 1.95 bits per heavy atom. The Morgan fingerprint density at radius 2 is 1.15 bits per heavy atom. The standard InChI is InChI=1S/C54H40N4O/c1-54(2)46-24-14-12-22-42(46)43-31-30-41(34-47(43)54)58(39-20-10-5-11-21-39)40-28-26-35(27-29-40)45-32-38(33-49-50(45)44-23-13-15-25-48(44)59-49)53-56-51(36-16-6-3-7-17-36)55-52(57-53)37-18-8-4-9-19-37/h3-34,51H,1-2H3,(H,55,56,57). The molecule has 0 saturated heterocycles. The van der Waals surface area contributed by atoms with Crippen molar-refractivity contribution in [2.75, 3.05) is 4.90 Å². The lowest BCUT2D eigenvalue weighted by Crippen LogP contribution is -2.33. The maximum atomic E-state index is 6.60. The van der Waals surface area contributed by atoms with Gasteiger partial charge < -0.3 is 14.6 Å². The molecule has 9 aromatic rings. The summed E-state index contributed by atoms with van der Waals surface area (Å²) >= 11 is 0. The van der Waals surface area contributed by atoms with Gasteiger partial charge in [0, 0.05) is 44.4 Å². The maximum absolute atomic E-state index is 6.60. The van der Waals surface area contributed by atoms with Crippen LogP contribution in [0.3, 0.4) is 0 Å². The molecule has 8 aromatic carbocycles. The lowest BCUT2D eigenvalue weighted by atomic mass is 9.82. The number of nitrogens with zero attached hydrogens (tertiary/aromatic N) is 3. The maximum Gasteiger partial charge on any atom is 0.159 e. The Labute approximate surface area is 343 Å². The Hall–Kier alpha value is -7.50. The summed E-state index contributed by atoms with van der Waals surface area (Å²) in [6.07, 6.45) is -0.309. The summed E-state index contributed by atoms with van der Waals surface area (Å²) in [5.41, 5.74) is 15.3. The number of hydrogen-bond donors (Lipinski definition) is 1. The number of para-hydroxylation sites is 2. The van der Waals surface area contributed by atoms with Crippen LogP contribution >= 0.6 is 0 Å². The molecule has 1 aliphatic carbocycles. The van der Waals surface area contributed by atoms with E-state index >= 15 is 0 Å². The number of anilines is 3. The molecular formula is C54H40N4O. The van der Waals surface area contributed by atoms with E-state index in [0.717, 1.165) is 72.7 Å². The van der Waals surface area contributed by atoms with Crippen LogP contribution in [0.15, 0.2) is 209 Å². The smallest absolute Gasteiger partial charge is 0.159 e. The molecule has 0 spiro atoms. The van der Waals surface area contributed by atoms with Gasteiger partial charge in [-0.15, -0.1) is 0 Å². The van der Waals surface area contributed by atoms with E-state index in [1.54, 1.807) is 0 Å². The van der Waals surface area contributed by atoms with E-state index in [9.17, 15) is 0 Å². The molecule has 1 N–H and O–H groups in total. The van der Waals surface area contributed by atoms with Crippen molar-refractivity contribution < 1.29 is 4.42 Å². The van der Waals surface area contributed by atoms with Gasteiger partial charge in [-0.05, 0) is 93.5 Å². The van der Waals surface area contributed by atoms with Crippen LogP contribution in [0.25, 0.3) is 44.2 Å². The lowest BCUT2D eigenvalue weighted by molar-refractivity contribution is 0.660. The Kier molecular flexibility index (Phi) is 8.16. The van der Waals surface area contributed by atoms with Crippen LogP contribution in [-0.4, -0.2) is 11.7 Å². The van der Waals surface area contributed by atoms with Gasteiger partial charge in [-0.1, -0.05) is 153 Å². The fourth-order valence-electron chi connectivity index (χ4n) is 8.98. The first-order valence-electron chi connectivity index (χ1n) is 20.2. The van der Waals surface area contributed by atoms with Gasteiger partial charge in [0.05, 0.1) is 0 Å². The van der Waals surface area contributed by atoms with Crippen molar-refractivity contribution in [1.82, 2.24) is 5.32 Å². The van der Waals surface area contributed by atoms with Gasteiger partial charge in [0.25, 0.3) is 0 Å². The van der Waals surface area contributed by atoms with E-state index in [-0.39, 0.29) is 11.6 Å². The van der Waals surface area contributed by atoms with E-state index in [1.807, 2.05) is 48.5 Å². The Bertz CT molecular complexity index is 3090. The number of hydrogen-bond acceptors (Lipinski definition) is 5. The van der Waals surface area contributed by atoms with Crippen molar-refractivity contribution in [3.8, 4) is 22.3 Å². The highest BCUT2D eigenvalue weighted by molar-refractivity contribution is 6.18. The second kappa shape index (κ2) is 13.9. The molecular weight excluding hydrogens is 721 g/mol. The second-order valence-corrected chi connectivity index (χ2v) is 15.9. The number of nitrogens with one attached hydrogen (secondary N) is 1. The van der Waals surface area contributed by atoms with Gasteiger partial charge >= 0.3 is 0 Å². The first kappa shape index (κ1) is 34.7. The first-order chi connectivity index (χ1) is 29.0. The predicted molar refractivity (Wildman–Crippen MR) is 243 cm³/mol. The summed E-state index contributed by atoms with van der Waals surface area (Å²) in [4.78, 5) is 12.7. The monoisotopic (exact) mass is 760 g/mol. The van der Waals surface area contributed by atoms with Gasteiger partial charge in [0.15, 0.2) is 5.84 Å². The summed E-state index contributed by atoms with van der Waals surface area (Å²) in [5.74, 6) is 1.42. The van der Waals surface area contributed by atoms with Gasteiger partial charge in [-0.25, -0.2) is 9.98 Å². The van der Waals surface area contributed by atoms with Crippen LogP contribution in [0.1, 0.15) is 47.8 Å². The van der Waals surface area contributed by atoms with Crippen molar-refractivity contribution >= 4 is 50.7 Å². The molecule has 1 atom stereocenters. The third-order valence-corrected chi connectivity index (χ3v) is 11.9. The molecule has 0 radical (unpaired) electrons. The van der Waals surface area contributed by atoms with Crippen LogP contribution in [-0.2, 0) is 5.41 Å². The van der Waals surface area contributed by atoms with Crippen LogP contribution < -0.4 is 10.2 Å². The third kappa shape index (κ3) is 5.93. The van der Waals surface area contributed by atoms with Gasteiger partial charge in [0.1, 0.15) is 23.2 Å². The Balaban J connectivity index is 1.05. The van der Waals surface area contributed by atoms with E-state index in [1.165, 1.54) is 22.3 Å². The van der Waals surface area contributed by atoms with Gasteiger partial charge in [0.2, 0.25) is 0 Å². The summed E-state index contributed by atoms with van der Waals surface area (Å²) in [5, 5.41) is 5.73. The number of furan rings is 1. The minimum atomic E-state index is -0.309. The molecule has 0 saturated carbocycles. The predicted octanol–water partition coefficient (Wildman–Crippen LogP) is 13.5. The molecule has 1 aromatic heterocycles. The zero-order chi connectivity index (χ0) is 39.5. The minimum absolute atomic E-state index is 0.108. The van der Waals surface area contributed by atoms with E-state index in [2.05, 4.69) is 170 Å². The molecule has 1 aliphatic heterocycles. The van der Waals surface area contributed by atoms with Crippen molar-refractivity contribution in [2.45, 2.75) is 25.4 Å². The molecule has 5 nitrogen and oxygen atoms in total. The summed E-state index contributed by atoms with van der Waals surface area (Å²) in [6.45, 7) is 4.67. The normalized spacial score (nSPS) is 15.3. The number of benzene rings is 8. The molecule has 1 unspecified atom stereocenters. The second-order valence-electron chi connectivity index (χ2n) is 15.9. The van der Waals surface area contributed by atoms with Crippen LogP contribution in [0.4, 0.5) is 17.1 Å². The quantitative estimate of drug-likeness (QED) is 0.176. The molecule has 2 aliphatic rings. The highest BCUT2D eigenvalue weighted by Crippen LogP contribution is 2.50. The molecule has 0 amide bonds.